The standard InChI is InChI=1S/C13H36FNO7P2Si4/c1-25(2,3)19-23(16,20-26(4,5)6)13(14)15-18-24(17,21-27(7,8)9)22-28(10,11)12/h1-12H3/b15-13-. The maximum Gasteiger partial charge on any atom is 0.530 e. The summed E-state index contributed by atoms with van der Waals surface area (Å²) >= 11 is 0. The van der Waals surface area contributed by atoms with Crippen LogP contribution >= 0.6 is 15.4 Å². The van der Waals surface area contributed by atoms with Gasteiger partial charge >= 0.3 is 21.1 Å². The molecule has 0 atom stereocenters. The Morgan fingerprint density at radius 3 is 1.18 bits per heavy atom. The molecule has 15 heteroatoms. The van der Waals surface area contributed by atoms with Crippen LogP contribution in [-0.2, 0) is 30.6 Å². The van der Waals surface area contributed by atoms with E-state index in [0.717, 1.165) is 0 Å². The van der Waals surface area contributed by atoms with Crippen LogP contribution in [0.5, 0.6) is 0 Å². The minimum atomic E-state index is -4.37. The van der Waals surface area contributed by atoms with Crippen LogP contribution in [0.4, 0.5) is 4.39 Å². The summed E-state index contributed by atoms with van der Waals surface area (Å²) in [5.74, 6) is 0. The molecule has 0 amide bonds. The quantitative estimate of drug-likeness (QED) is 0.128. The van der Waals surface area contributed by atoms with Gasteiger partial charge in [-0.05, 0) is 83.7 Å². The van der Waals surface area contributed by atoms with Crippen molar-refractivity contribution in [2.75, 3.05) is 0 Å². The lowest BCUT2D eigenvalue weighted by Gasteiger charge is -2.29. The summed E-state index contributed by atoms with van der Waals surface area (Å²) in [6.07, 6.45) is 0. The van der Waals surface area contributed by atoms with Gasteiger partial charge in [-0.3, -0.25) is 9.19 Å². The average Bonchev–Trinajstić information content (AvgIpc) is 2.25. The first-order chi connectivity index (χ1) is 12.0. The zero-order valence-electron chi connectivity index (χ0n) is 19.1. The summed E-state index contributed by atoms with van der Waals surface area (Å²) in [4.78, 5) is 0. The van der Waals surface area contributed by atoms with E-state index in [4.69, 9.17) is 21.5 Å². The maximum atomic E-state index is 14.9. The van der Waals surface area contributed by atoms with E-state index in [0.29, 0.717) is 0 Å². The minimum absolute atomic E-state index is 1.49. The van der Waals surface area contributed by atoms with Gasteiger partial charge in [0.15, 0.2) is 33.3 Å². The zero-order valence-corrected chi connectivity index (χ0v) is 24.9. The van der Waals surface area contributed by atoms with Crippen molar-refractivity contribution in [1.82, 2.24) is 0 Å². The number of hydrogen-bond donors (Lipinski definition) is 0. The van der Waals surface area contributed by atoms with Crippen molar-refractivity contribution < 1.29 is 35.0 Å². The van der Waals surface area contributed by atoms with E-state index < -0.39 is 54.4 Å². The molecule has 0 spiro atoms. The number of oxime groups is 1. The first-order valence-corrected chi connectivity index (χ1v) is 25.5. The Hall–Kier alpha value is 0.568. The second-order valence-corrected chi connectivity index (χ2v) is 32.4. The van der Waals surface area contributed by atoms with Crippen LogP contribution in [0.1, 0.15) is 0 Å². The summed E-state index contributed by atoms with van der Waals surface area (Å²) < 4.78 is 67.9. The van der Waals surface area contributed by atoms with E-state index in [-0.39, 0.29) is 0 Å². The molecule has 8 nitrogen and oxygen atoms in total. The third kappa shape index (κ3) is 13.0. The molecule has 0 unspecified atom stereocenters. The first kappa shape index (κ1) is 28.6. The van der Waals surface area contributed by atoms with Gasteiger partial charge in [0.1, 0.15) is 0 Å². The van der Waals surface area contributed by atoms with Crippen LogP contribution in [0.3, 0.4) is 0 Å². The molecule has 0 radical (unpaired) electrons. The first-order valence-electron chi connectivity index (χ1n) is 8.91. The van der Waals surface area contributed by atoms with Crippen LogP contribution in [-0.4, -0.2) is 39.0 Å². The minimum Gasteiger partial charge on any atom is -0.346 e. The monoisotopic (exact) mass is 511 g/mol. The van der Waals surface area contributed by atoms with Crippen molar-refractivity contribution in [3.63, 3.8) is 0 Å². The summed E-state index contributed by atoms with van der Waals surface area (Å²) in [5, 5.41) is 3.22. The third-order valence-electron chi connectivity index (χ3n) is 2.00. The topological polar surface area (TPSA) is 92.7 Å². The van der Waals surface area contributed by atoms with Gasteiger partial charge in [0.2, 0.25) is 0 Å². The van der Waals surface area contributed by atoms with E-state index in [1.807, 2.05) is 0 Å². The number of nitrogens with zero attached hydrogens (tertiary/aromatic N) is 1. The van der Waals surface area contributed by atoms with Gasteiger partial charge in [0.05, 0.1) is 0 Å². The van der Waals surface area contributed by atoms with Gasteiger partial charge in [0, 0.05) is 0 Å². The van der Waals surface area contributed by atoms with Gasteiger partial charge in [0.25, 0.3) is 0 Å². The zero-order chi connectivity index (χ0) is 22.8. The Morgan fingerprint density at radius 1 is 0.643 bits per heavy atom. The fourth-order valence-electron chi connectivity index (χ4n) is 1.67. The second kappa shape index (κ2) is 9.37. The van der Waals surface area contributed by atoms with Gasteiger partial charge < -0.3 is 16.9 Å². The Balaban J connectivity index is 5.92. The number of phosphoric acid groups is 1. The molecule has 168 valence electrons. The lowest BCUT2D eigenvalue weighted by molar-refractivity contribution is 0.212. The molecule has 0 aliphatic carbocycles. The largest absolute Gasteiger partial charge is 0.530 e. The van der Waals surface area contributed by atoms with Crippen LogP contribution < -0.4 is 0 Å². The Labute approximate surface area is 173 Å². The lowest BCUT2D eigenvalue weighted by Crippen LogP contribution is -2.31. The smallest absolute Gasteiger partial charge is 0.346 e. The molecule has 0 aliphatic heterocycles. The SMILES string of the molecule is C[Si](C)(C)OP(=O)(O/N=C(/F)P(=O)(O[Si](C)(C)C)O[Si](C)(C)C)O[Si](C)(C)C. The fraction of sp³-hybridized carbons (Fsp3) is 0.923. The Kier molecular flexibility index (Phi) is 9.56. The molecule has 28 heavy (non-hydrogen) atoms. The molecule has 0 bridgehead atoms. The summed E-state index contributed by atoms with van der Waals surface area (Å²) in [6, 6.07) is 0. The summed E-state index contributed by atoms with van der Waals surface area (Å²) in [6.45, 7) is 21.2. The van der Waals surface area contributed by atoms with E-state index >= 15 is 0 Å². The summed E-state index contributed by atoms with van der Waals surface area (Å²) in [7, 11) is -18.3. The molecule has 0 heterocycles. The molecule has 0 aromatic rings. The van der Waals surface area contributed by atoms with Crippen LogP contribution in [0, 0.1) is 0 Å². The van der Waals surface area contributed by atoms with Crippen molar-refractivity contribution in [1.29, 1.82) is 0 Å². The fourth-order valence-corrected chi connectivity index (χ4v) is 15.0. The molecule has 0 aromatic heterocycles. The molecular formula is C13H36FNO7P2Si4. The van der Waals surface area contributed by atoms with Crippen molar-refractivity contribution >= 4 is 54.4 Å². The molecular weight excluding hydrogens is 475 g/mol. The van der Waals surface area contributed by atoms with Crippen molar-refractivity contribution in [2.45, 2.75) is 78.6 Å². The predicted molar refractivity (Wildman–Crippen MR) is 123 cm³/mol. The highest BCUT2D eigenvalue weighted by molar-refractivity contribution is 7.73. The van der Waals surface area contributed by atoms with Crippen molar-refractivity contribution in [3.05, 3.63) is 0 Å². The molecule has 0 rings (SSSR count). The van der Waals surface area contributed by atoms with E-state index in [9.17, 15) is 13.5 Å². The van der Waals surface area contributed by atoms with Crippen LogP contribution in [0.25, 0.3) is 0 Å². The summed E-state index contributed by atoms with van der Waals surface area (Å²) in [5.41, 5.74) is -1.49. The Bertz CT molecular complexity index is 626. The normalized spacial score (nSPS) is 15.7. The Morgan fingerprint density at radius 2 is 0.929 bits per heavy atom. The highest BCUT2D eigenvalue weighted by Gasteiger charge is 2.45. The van der Waals surface area contributed by atoms with Crippen LogP contribution in [0.2, 0.25) is 78.6 Å². The van der Waals surface area contributed by atoms with Gasteiger partial charge in [-0.1, -0.05) is 0 Å². The molecule has 0 fully saturated rings. The molecule has 0 N–H and O–H groups in total. The highest BCUT2D eigenvalue weighted by Crippen LogP contribution is 2.58. The van der Waals surface area contributed by atoms with E-state index in [1.165, 1.54) is 0 Å². The van der Waals surface area contributed by atoms with Crippen molar-refractivity contribution in [2.24, 2.45) is 5.16 Å². The maximum absolute atomic E-state index is 14.9. The number of rotatable bonds is 11. The van der Waals surface area contributed by atoms with Crippen LogP contribution in [0.15, 0.2) is 5.16 Å². The molecule has 0 aliphatic rings. The third-order valence-corrected chi connectivity index (χ3v) is 15.3. The number of hydrogen-bond acceptors (Lipinski definition) is 8. The highest BCUT2D eigenvalue weighted by atomic mass is 31.2. The number of halogens is 1. The lowest BCUT2D eigenvalue weighted by atomic mass is 11.6. The molecule has 0 saturated carbocycles. The van der Waals surface area contributed by atoms with Gasteiger partial charge in [-0.25, -0.2) is 4.57 Å². The second-order valence-electron chi connectivity index (χ2n) is 10.2. The van der Waals surface area contributed by atoms with E-state index in [2.05, 4.69) is 5.16 Å². The van der Waals surface area contributed by atoms with Crippen molar-refractivity contribution in [3.8, 4) is 0 Å². The average molecular weight is 512 g/mol. The van der Waals surface area contributed by atoms with Gasteiger partial charge in [-0.2, -0.15) is 4.39 Å². The van der Waals surface area contributed by atoms with E-state index in [1.54, 1.807) is 78.6 Å². The molecule has 0 saturated heterocycles. The predicted octanol–water partition coefficient (Wildman–Crippen LogP) is 6.95. The molecule has 0 aromatic carbocycles. The van der Waals surface area contributed by atoms with Gasteiger partial charge in [-0.15, -0.1) is 0 Å².